The minimum Gasteiger partial charge on any atom is -0.299 e. The summed E-state index contributed by atoms with van der Waals surface area (Å²) in [5.41, 5.74) is 0.299. The molecule has 1 N–H and O–H groups in total. The number of hydrogen-bond donors (Lipinski definition) is 1. The van der Waals surface area contributed by atoms with Crippen LogP contribution < -0.4 is 5.09 Å². The smallest absolute Gasteiger partial charge is 0.136 e. The van der Waals surface area contributed by atoms with E-state index in [1.807, 2.05) is 0 Å². The van der Waals surface area contributed by atoms with Gasteiger partial charge in [0, 0.05) is 17.9 Å². The molecule has 4 fully saturated rings. The summed E-state index contributed by atoms with van der Waals surface area (Å²) in [6.07, 6.45) is 7.00. The third kappa shape index (κ3) is 1.27. The number of nitrogens with one attached hydrogen (secondary N) is 1. The fourth-order valence-electron chi connectivity index (χ4n) is 4.16. The van der Waals surface area contributed by atoms with Crippen molar-refractivity contribution in [1.29, 1.82) is 0 Å². The third-order valence-electron chi connectivity index (χ3n) is 4.53. The Bertz CT molecular complexity index is 280. The molecule has 0 saturated heterocycles. The van der Waals surface area contributed by atoms with E-state index in [2.05, 4.69) is 14.5 Å². The van der Waals surface area contributed by atoms with Crippen LogP contribution in [0.4, 0.5) is 0 Å². The summed E-state index contributed by atoms with van der Waals surface area (Å²) in [7, 11) is 2.68. The van der Waals surface area contributed by atoms with Crippen molar-refractivity contribution in [1.82, 2.24) is 5.09 Å². The number of carbonyl (C=O) groups excluding carboxylic acids is 1. The Morgan fingerprint density at radius 1 is 1.21 bits per heavy atom. The molecule has 2 nitrogen and oxygen atoms in total. The summed E-state index contributed by atoms with van der Waals surface area (Å²) in [6, 6.07) is 0. The van der Waals surface area contributed by atoms with Crippen molar-refractivity contribution in [2.24, 2.45) is 17.8 Å². The highest BCUT2D eigenvalue weighted by atomic mass is 31.0. The van der Waals surface area contributed by atoms with Gasteiger partial charge >= 0.3 is 0 Å². The van der Waals surface area contributed by atoms with E-state index in [0.717, 1.165) is 18.8 Å². The Balaban J connectivity index is 1.97. The van der Waals surface area contributed by atoms with Crippen molar-refractivity contribution in [3.8, 4) is 0 Å². The van der Waals surface area contributed by atoms with E-state index >= 15 is 0 Å². The van der Waals surface area contributed by atoms with Gasteiger partial charge in [0.1, 0.15) is 5.78 Å². The molecule has 4 saturated carbocycles. The van der Waals surface area contributed by atoms with Crippen molar-refractivity contribution < 1.29 is 4.79 Å². The van der Waals surface area contributed by atoms with Crippen LogP contribution in [0.5, 0.6) is 0 Å². The summed E-state index contributed by atoms with van der Waals surface area (Å²) in [4.78, 5) is 11.9. The monoisotopic (exact) mass is 211 g/mol. The zero-order valence-corrected chi connectivity index (χ0v) is 9.61. The molecule has 0 aromatic rings. The summed E-state index contributed by atoms with van der Waals surface area (Å²) in [5.74, 6) is 2.45. The molecule has 0 aromatic heterocycles. The van der Waals surface area contributed by atoms with Crippen LogP contribution in [0.2, 0.25) is 0 Å². The molecule has 4 aliphatic carbocycles. The highest BCUT2D eigenvalue weighted by molar-refractivity contribution is 7.13. The highest BCUT2D eigenvalue weighted by Crippen LogP contribution is 2.52. The molecule has 14 heavy (non-hydrogen) atoms. The maximum atomic E-state index is 11.9. The summed E-state index contributed by atoms with van der Waals surface area (Å²) in [5, 5.41) is 3.43. The van der Waals surface area contributed by atoms with Crippen LogP contribution in [0.15, 0.2) is 0 Å². The first-order valence-corrected chi connectivity index (χ1v) is 6.29. The molecule has 78 valence electrons. The van der Waals surface area contributed by atoms with Crippen molar-refractivity contribution in [2.45, 2.75) is 44.1 Å². The topological polar surface area (TPSA) is 29.1 Å². The lowest BCUT2D eigenvalue weighted by Gasteiger charge is -2.47. The maximum absolute atomic E-state index is 11.9. The number of rotatable bonds is 1. The van der Waals surface area contributed by atoms with Gasteiger partial charge < -0.3 is 0 Å². The van der Waals surface area contributed by atoms with Crippen molar-refractivity contribution in [2.75, 3.05) is 0 Å². The lowest BCUT2D eigenvalue weighted by molar-refractivity contribution is -0.123. The molecule has 0 aromatic carbocycles. The van der Waals surface area contributed by atoms with Gasteiger partial charge in [-0.3, -0.25) is 9.88 Å². The molecular weight excluding hydrogens is 193 g/mol. The molecule has 4 rings (SSSR count). The Morgan fingerprint density at radius 3 is 2.79 bits per heavy atom. The molecule has 0 amide bonds. The minimum absolute atomic E-state index is 0.299. The van der Waals surface area contributed by atoms with Gasteiger partial charge in [0.25, 0.3) is 0 Å². The lowest BCUT2D eigenvalue weighted by Crippen LogP contribution is -2.50. The third-order valence-corrected chi connectivity index (χ3v) is 5.14. The zero-order chi connectivity index (χ0) is 9.76. The SMILES string of the molecule is O=C1CC2CC3CC1CC(NP)(C2)C3. The molecule has 5 unspecified atom stereocenters. The van der Waals surface area contributed by atoms with E-state index in [9.17, 15) is 4.79 Å². The number of Topliss-reactive ketones (excluding diaryl/α,β-unsaturated/α-hetero) is 1. The van der Waals surface area contributed by atoms with Gasteiger partial charge in [-0.15, -0.1) is 0 Å². The van der Waals surface area contributed by atoms with Crippen molar-refractivity contribution in [3.63, 3.8) is 0 Å². The average Bonchev–Trinajstić information content (AvgIpc) is 2.30. The minimum atomic E-state index is 0.299. The number of hydrogen-bond acceptors (Lipinski definition) is 2. The number of carbonyl (C=O) groups is 1. The van der Waals surface area contributed by atoms with Gasteiger partial charge in [-0.05, 0) is 43.9 Å². The van der Waals surface area contributed by atoms with Crippen molar-refractivity contribution in [3.05, 3.63) is 0 Å². The van der Waals surface area contributed by atoms with E-state index in [4.69, 9.17) is 0 Å². The summed E-state index contributed by atoms with van der Waals surface area (Å²) >= 11 is 0. The molecule has 0 aliphatic heterocycles. The Morgan fingerprint density at radius 2 is 2.00 bits per heavy atom. The Kier molecular flexibility index (Phi) is 2.01. The highest BCUT2D eigenvalue weighted by Gasteiger charge is 2.50. The summed E-state index contributed by atoms with van der Waals surface area (Å²) < 4.78 is 0. The van der Waals surface area contributed by atoms with E-state index in [0.29, 0.717) is 23.2 Å². The second kappa shape index (κ2) is 3.02. The van der Waals surface area contributed by atoms with Crippen LogP contribution in [-0.4, -0.2) is 11.3 Å². The predicted octanol–water partition coefficient (Wildman–Crippen LogP) is 1.90. The van der Waals surface area contributed by atoms with Crippen LogP contribution in [-0.2, 0) is 4.79 Å². The fraction of sp³-hybridized carbons (Fsp3) is 0.909. The van der Waals surface area contributed by atoms with Gasteiger partial charge in [-0.1, -0.05) is 9.39 Å². The number of ketones is 1. The van der Waals surface area contributed by atoms with Crippen LogP contribution in [0.25, 0.3) is 0 Å². The number of fused-ring (bicyclic) bond motifs is 1. The normalized spacial score (nSPS) is 50.9. The molecule has 0 radical (unpaired) electrons. The van der Waals surface area contributed by atoms with Gasteiger partial charge in [0.2, 0.25) is 0 Å². The summed E-state index contributed by atoms with van der Waals surface area (Å²) in [6.45, 7) is 0. The standard InChI is InChI=1S/C11H18NOP/c13-10-3-8-1-7-2-9(10)6-11(4-7,5-8)12-14/h7-9,12H,1-6,14H2. The Labute approximate surface area is 87.5 Å². The molecule has 3 heteroatoms. The fourth-order valence-corrected chi connectivity index (χ4v) is 4.51. The molecule has 0 spiro atoms. The van der Waals surface area contributed by atoms with Gasteiger partial charge in [0.05, 0.1) is 0 Å². The first-order valence-electron chi connectivity index (χ1n) is 5.71. The molecule has 5 atom stereocenters. The Hall–Kier alpha value is 0.0600. The quantitative estimate of drug-likeness (QED) is 0.671. The largest absolute Gasteiger partial charge is 0.299 e. The molecule has 0 heterocycles. The lowest BCUT2D eigenvalue weighted by atomic mass is 9.63. The average molecular weight is 211 g/mol. The van der Waals surface area contributed by atoms with Crippen LogP contribution in [0.3, 0.4) is 0 Å². The van der Waals surface area contributed by atoms with Crippen LogP contribution >= 0.6 is 9.39 Å². The van der Waals surface area contributed by atoms with Gasteiger partial charge in [-0.2, -0.15) is 0 Å². The van der Waals surface area contributed by atoms with Crippen LogP contribution in [0, 0.1) is 17.8 Å². The zero-order valence-electron chi connectivity index (χ0n) is 8.46. The predicted molar refractivity (Wildman–Crippen MR) is 58.8 cm³/mol. The van der Waals surface area contributed by atoms with Gasteiger partial charge in [-0.25, -0.2) is 0 Å². The first-order chi connectivity index (χ1) is 6.71. The second-order valence-electron chi connectivity index (χ2n) is 5.61. The molecular formula is C11H18NOP. The van der Waals surface area contributed by atoms with E-state index in [1.165, 1.54) is 25.7 Å². The first kappa shape index (κ1) is 9.30. The van der Waals surface area contributed by atoms with E-state index in [-0.39, 0.29) is 0 Å². The molecule has 4 bridgehead atoms. The molecule has 4 aliphatic rings. The maximum Gasteiger partial charge on any atom is 0.136 e. The van der Waals surface area contributed by atoms with Crippen molar-refractivity contribution >= 4 is 15.2 Å². The van der Waals surface area contributed by atoms with Gasteiger partial charge in [0.15, 0.2) is 0 Å². The second-order valence-corrected chi connectivity index (χ2v) is 5.90. The van der Waals surface area contributed by atoms with Crippen LogP contribution in [0.1, 0.15) is 38.5 Å². The van der Waals surface area contributed by atoms with E-state index < -0.39 is 0 Å². The van der Waals surface area contributed by atoms with E-state index in [1.54, 1.807) is 0 Å².